The average molecular weight is 429 g/mol. The molecule has 0 aliphatic heterocycles. The number of aromatic amines is 1. The van der Waals surface area contributed by atoms with Gasteiger partial charge in [0.05, 0.1) is 11.6 Å². The van der Waals surface area contributed by atoms with Crippen LogP contribution in [0.3, 0.4) is 0 Å². The Balaban J connectivity index is 2.10. The number of phenolic OH excluding ortho intramolecular Hbond substituents is 1. The first-order chi connectivity index (χ1) is 14.2. The molecule has 0 saturated carbocycles. The quantitative estimate of drug-likeness (QED) is 0.341. The Morgan fingerprint density at radius 3 is 2.70 bits per heavy atom. The molecule has 0 saturated heterocycles. The van der Waals surface area contributed by atoms with Crippen LogP contribution in [0.25, 0.3) is 10.9 Å². The number of fused-ring (bicyclic) bond motifs is 1. The van der Waals surface area contributed by atoms with E-state index < -0.39 is 0 Å². The predicted octanol–water partition coefficient (Wildman–Crippen LogP) is 5.16. The van der Waals surface area contributed by atoms with Gasteiger partial charge in [0, 0.05) is 33.5 Å². The number of hydrogen-bond acceptors (Lipinski definition) is 4. The molecule has 0 fully saturated rings. The third-order valence-corrected chi connectivity index (χ3v) is 5.53. The van der Waals surface area contributed by atoms with Crippen molar-refractivity contribution in [1.29, 1.82) is 0 Å². The number of benzene rings is 1. The highest BCUT2D eigenvalue weighted by Gasteiger charge is 2.23. The van der Waals surface area contributed by atoms with E-state index in [1.165, 1.54) is 11.6 Å². The Hall–Kier alpha value is -2.20. The van der Waals surface area contributed by atoms with E-state index in [2.05, 4.69) is 53.7 Å². The fourth-order valence-electron chi connectivity index (χ4n) is 3.96. The largest absolute Gasteiger partial charge is 0.506 e. The molecule has 0 radical (unpaired) electrons. The van der Waals surface area contributed by atoms with Gasteiger partial charge in [-0.1, -0.05) is 51.3 Å². The van der Waals surface area contributed by atoms with Crippen LogP contribution >= 0.6 is 9.47 Å². The molecule has 0 amide bonds. The van der Waals surface area contributed by atoms with Crippen LogP contribution in [0.5, 0.6) is 5.75 Å². The van der Waals surface area contributed by atoms with E-state index in [9.17, 15) is 9.90 Å². The van der Waals surface area contributed by atoms with Crippen LogP contribution in [-0.4, -0.2) is 22.7 Å². The lowest BCUT2D eigenvalue weighted by Gasteiger charge is -2.30. The molecular weight excluding hydrogens is 395 g/mol. The predicted molar refractivity (Wildman–Crippen MR) is 129 cm³/mol. The summed E-state index contributed by atoms with van der Waals surface area (Å²) < 4.78 is 5.66. The van der Waals surface area contributed by atoms with Crippen molar-refractivity contribution in [3.05, 3.63) is 77.1 Å². The van der Waals surface area contributed by atoms with Gasteiger partial charge >= 0.3 is 0 Å². The summed E-state index contributed by atoms with van der Waals surface area (Å²) in [6.07, 6.45) is 7.34. The minimum atomic E-state index is -0.253. The number of nitrogens with one attached hydrogen (secondary N) is 2. The van der Waals surface area contributed by atoms with Crippen molar-refractivity contribution in [3.63, 3.8) is 0 Å². The van der Waals surface area contributed by atoms with Crippen molar-refractivity contribution < 1.29 is 9.63 Å². The van der Waals surface area contributed by atoms with Crippen molar-refractivity contribution in [1.82, 2.24) is 10.3 Å². The van der Waals surface area contributed by atoms with E-state index in [0.717, 1.165) is 23.8 Å². The molecule has 5 nitrogen and oxygen atoms in total. The standard InChI is InChI=1S/C24H33N2O3P/c1-6-8-17(7-2)14-24(4,5)13-16(3)25-15-21(29-30)18-9-11-20(27)23-19(18)10-12-22(28)26-23/h6-12,16,21,25,27H,1-2,13-15,30H2,3-5H3,(H,26,28)/b17-8+/t16?,21-/m0/s1. The van der Waals surface area contributed by atoms with Crippen LogP contribution in [0.1, 0.15) is 45.3 Å². The van der Waals surface area contributed by atoms with Gasteiger partial charge in [-0.3, -0.25) is 4.79 Å². The molecule has 6 heteroatoms. The Morgan fingerprint density at radius 1 is 1.33 bits per heavy atom. The summed E-state index contributed by atoms with van der Waals surface area (Å²) in [7, 11) is 2.32. The Morgan fingerprint density at radius 2 is 2.07 bits per heavy atom. The average Bonchev–Trinajstić information content (AvgIpc) is 2.69. The number of H-pyrrole nitrogens is 1. The van der Waals surface area contributed by atoms with Gasteiger partial charge in [-0.05, 0) is 48.4 Å². The van der Waals surface area contributed by atoms with Gasteiger partial charge in [-0.15, -0.1) is 0 Å². The van der Waals surface area contributed by atoms with Gasteiger partial charge in [0.25, 0.3) is 0 Å². The summed E-state index contributed by atoms with van der Waals surface area (Å²) in [6, 6.07) is 6.85. The van der Waals surface area contributed by atoms with Gasteiger partial charge in [-0.2, -0.15) is 0 Å². The maximum atomic E-state index is 11.6. The topological polar surface area (TPSA) is 74.3 Å². The van der Waals surface area contributed by atoms with Crippen LogP contribution < -0.4 is 10.9 Å². The lowest BCUT2D eigenvalue weighted by Crippen LogP contribution is -2.34. The van der Waals surface area contributed by atoms with Crippen molar-refractivity contribution in [2.24, 2.45) is 5.41 Å². The second-order valence-corrected chi connectivity index (χ2v) is 8.72. The molecule has 3 N–H and O–H groups in total. The molecule has 2 aromatic rings. The zero-order valence-corrected chi connectivity index (χ0v) is 19.2. The minimum absolute atomic E-state index is 0.0441. The summed E-state index contributed by atoms with van der Waals surface area (Å²) in [5.74, 6) is 0.0441. The third kappa shape index (κ3) is 6.40. The molecule has 1 aromatic carbocycles. The molecule has 0 aliphatic rings. The fourth-order valence-corrected chi connectivity index (χ4v) is 4.20. The minimum Gasteiger partial charge on any atom is -0.506 e. The second-order valence-electron chi connectivity index (χ2n) is 8.45. The second kappa shape index (κ2) is 10.7. The van der Waals surface area contributed by atoms with Crippen molar-refractivity contribution >= 4 is 20.4 Å². The molecular formula is C24H33N2O3P. The lowest BCUT2D eigenvalue weighted by molar-refractivity contribution is 0.219. The lowest BCUT2D eigenvalue weighted by atomic mass is 9.80. The highest BCUT2D eigenvalue weighted by atomic mass is 31.0. The summed E-state index contributed by atoms with van der Waals surface area (Å²) >= 11 is 0. The van der Waals surface area contributed by atoms with Crippen LogP contribution in [0, 0.1) is 5.41 Å². The Labute approximate surface area is 181 Å². The van der Waals surface area contributed by atoms with Crippen LogP contribution in [0.2, 0.25) is 0 Å². The van der Waals surface area contributed by atoms with E-state index in [0.29, 0.717) is 12.1 Å². The van der Waals surface area contributed by atoms with E-state index in [1.54, 1.807) is 18.2 Å². The number of allylic oxidation sites excluding steroid dienone is 4. The number of pyridine rings is 1. The van der Waals surface area contributed by atoms with E-state index in [1.807, 2.05) is 18.2 Å². The third-order valence-electron chi connectivity index (χ3n) is 5.21. The summed E-state index contributed by atoms with van der Waals surface area (Å²) in [4.78, 5) is 14.3. The van der Waals surface area contributed by atoms with Crippen molar-refractivity contribution in [2.75, 3.05) is 6.54 Å². The molecule has 2 unspecified atom stereocenters. The molecule has 30 heavy (non-hydrogen) atoms. The fraction of sp³-hybridized carbons (Fsp3) is 0.375. The molecule has 0 spiro atoms. The monoisotopic (exact) mass is 428 g/mol. The number of hydrogen-bond donors (Lipinski definition) is 3. The van der Waals surface area contributed by atoms with Crippen molar-refractivity contribution in [3.8, 4) is 5.75 Å². The SMILES string of the molecule is C=C/C=C(\C=C)CC(C)(C)CC(C)NC[C@H](OP)c1ccc(O)c2[nH]c(=O)ccc12. The maximum Gasteiger partial charge on any atom is 0.248 e. The summed E-state index contributed by atoms with van der Waals surface area (Å²) in [5, 5.41) is 14.4. The molecule has 1 heterocycles. The Bertz CT molecular complexity index is 978. The number of aromatic nitrogens is 1. The summed E-state index contributed by atoms with van der Waals surface area (Å²) in [6.45, 7) is 14.9. The summed E-state index contributed by atoms with van der Waals surface area (Å²) in [5.41, 5.74) is 2.34. The molecule has 2 rings (SSSR count). The van der Waals surface area contributed by atoms with Gasteiger partial charge in [0.1, 0.15) is 5.75 Å². The van der Waals surface area contributed by atoms with Crippen molar-refractivity contribution in [2.45, 2.75) is 45.8 Å². The molecule has 0 bridgehead atoms. The van der Waals surface area contributed by atoms with Gasteiger partial charge < -0.3 is 19.9 Å². The first-order valence-electron chi connectivity index (χ1n) is 10.1. The zero-order chi connectivity index (χ0) is 22.3. The maximum absolute atomic E-state index is 11.6. The van der Waals surface area contributed by atoms with Crippen LogP contribution in [0.15, 0.2) is 66.0 Å². The number of phenols is 1. The molecule has 0 aliphatic carbocycles. The highest BCUT2D eigenvalue weighted by Crippen LogP contribution is 2.33. The van der Waals surface area contributed by atoms with Gasteiger partial charge in [-0.25, -0.2) is 0 Å². The Kier molecular flexibility index (Phi) is 8.60. The van der Waals surface area contributed by atoms with E-state index in [-0.39, 0.29) is 28.9 Å². The highest BCUT2D eigenvalue weighted by molar-refractivity contribution is 7.09. The molecule has 162 valence electrons. The molecule has 1 aromatic heterocycles. The van der Waals surface area contributed by atoms with Crippen LogP contribution in [0.4, 0.5) is 0 Å². The zero-order valence-electron chi connectivity index (χ0n) is 18.1. The van der Waals surface area contributed by atoms with Crippen LogP contribution in [-0.2, 0) is 4.52 Å². The van der Waals surface area contributed by atoms with E-state index >= 15 is 0 Å². The van der Waals surface area contributed by atoms with E-state index in [4.69, 9.17) is 4.52 Å². The first-order valence-corrected chi connectivity index (χ1v) is 10.6. The smallest absolute Gasteiger partial charge is 0.248 e. The molecule has 3 atom stereocenters. The first kappa shape index (κ1) is 24.1. The number of aromatic hydroxyl groups is 1. The number of rotatable bonds is 11. The van der Waals surface area contributed by atoms with Gasteiger partial charge in [0.15, 0.2) is 0 Å². The normalized spacial score (nSPS) is 14.5. The van der Waals surface area contributed by atoms with Gasteiger partial charge in [0.2, 0.25) is 5.56 Å².